The molecule has 0 bridgehead atoms. The largest absolute Gasteiger partial charge is 0.369 e. The molecule has 0 N–H and O–H groups in total. The Morgan fingerprint density at radius 3 is 2.92 bits per heavy atom. The topological polar surface area (TPSA) is 9.23 Å². The second kappa shape index (κ2) is 4.10. The van der Waals surface area contributed by atoms with Crippen molar-refractivity contribution >= 4 is 0 Å². The summed E-state index contributed by atoms with van der Waals surface area (Å²) in [6.45, 7) is 3.11. The van der Waals surface area contributed by atoms with Crippen LogP contribution >= 0.6 is 0 Å². The molecule has 1 aliphatic carbocycles. The molecular formula is C12H18O. The van der Waals surface area contributed by atoms with Gasteiger partial charge in [0, 0.05) is 0 Å². The Balaban J connectivity index is 2.06. The van der Waals surface area contributed by atoms with E-state index in [2.05, 4.69) is 19.1 Å². The summed E-state index contributed by atoms with van der Waals surface area (Å²) in [7, 11) is 0. The summed E-state index contributed by atoms with van der Waals surface area (Å²) >= 11 is 0. The van der Waals surface area contributed by atoms with Gasteiger partial charge in [-0.1, -0.05) is 17.7 Å². The lowest BCUT2D eigenvalue weighted by atomic mass is 9.93. The normalized spacial score (nSPS) is 29.5. The van der Waals surface area contributed by atoms with E-state index < -0.39 is 0 Å². The second-order valence-electron chi connectivity index (χ2n) is 4.08. The maximum atomic E-state index is 5.74. The Morgan fingerprint density at radius 1 is 1.31 bits per heavy atom. The van der Waals surface area contributed by atoms with Crippen LogP contribution < -0.4 is 0 Å². The molecule has 2 rings (SSSR count). The summed E-state index contributed by atoms with van der Waals surface area (Å²) in [5, 5.41) is 0. The first-order valence-corrected chi connectivity index (χ1v) is 5.34. The van der Waals surface area contributed by atoms with Gasteiger partial charge in [-0.05, 0) is 44.6 Å². The number of rotatable bonds is 1. The monoisotopic (exact) mass is 178 g/mol. The fraction of sp³-hybridized carbons (Fsp3) is 0.667. The molecule has 1 unspecified atom stereocenters. The SMILES string of the molecule is CC1=CC(C2=CCCCC2)OCC1. The molecule has 0 saturated carbocycles. The minimum absolute atomic E-state index is 0.314. The maximum absolute atomic E-state index is 5.74. The molecule has 1 heterocycles. The molecule has 0 saturated heterocycles. The zero-order valence-electron chi connectivity index (χ0n) is 8.38. The fourth-order valence-electron chi connectivity index (χ4n) is 2.07. The lowest BCUT2D eigenvalue weighted by Gasteiger charge is -2.25. The number of allylic oxidation sites excluding steroid dienone is 1. The zero-order valence-corrected chi connectivity index (χ0v) is 8.38. The van der Waals surface area contributed by atoms with Crippen molar-refractivity contribution in [1.82, 2.24) is 0 Å². The van der Waals surface area contributed by atoms with Crippen LogP contribution in [-0.2, 0) is 4.74 Å². The number of hydrogen-bond donors (Lipinski definition) is 0. The lowest BCUT2D eigenvalue weighted by Crippen LogP contribution is -2.20. The molecule has 1 nitrogen and oxygen atoms in total. The molecule has 13 heavy (non-hydrogen) atoms. The van der Waals surface area contributed by atoms with E-state index in [0.29, 0.717) is 6.10 Å². The fourth-order valence-corrected chi connectivity index (χ4v) is 2.07. The summed E-state index contributed by atoms with van der Waals surface area (Å²) in [6, 6.07) is 0. The Bertz CT molecular complexity index is 238. The van der Waals surface area contributed by atoms with E-state index in [1.165, 1.54) is 36.8 Å². The Hall–Kier alpha value is -0.560. The van der Waals surface area contributed by atoms with Crippen LogP contribution in [0, 0.1) is 0 Å². The highest BCUT2D eigenvalue weighted by atomic mass is 16.5. The van der Waals surface area contributed by atoms with Gasteiger partial charge in [0.2, 0.25) is 0 Å². The van der Waals surface area contributed by atoms with Crippen LogP contribution in [0.5, 0.6) is 0 Å². The molecule has 72 valence electrons. The van der Waals surface area contributed by atoms with Crippen molar-refractivity contribution in [3.8, 4) is 0 Å². The highest BCUT2D eigenvalue weighted by Crippen LogP contribution is 2.26. The average Bonchev–Trinajstić information content (AvgIpc) is 2.19. The van der Waals surface area contributed by atoms with Gasteiger partial charge >= 0.3 is 0 Å². The van der Waals surface area contributed by atoms with Crippen molar-refractivity contribution in [2.45, 2.75) is 45.1 Å². The lowest BCUT2D eigenvalue weighted by molar-refractivity contribution is 0.0963. The van der Waals surface area contributed by atoms with Gasteiger partial charge in [-0.15, -0.1) is 0 Å². The highest BCUT2D eigenvalue weighted by molar-refractivity contribution is 5.21. The predicted octanol–water partition coefficient (Wildman–Crippen LogP) is 3.22. The van der Waals surface area contributed by atoms with Crippen molar-refractivity contribution in [3.63, 3.8) is 0 Å². The third-order valence-electron chi connectivity index (χ3n) is 2.92. The van der Waals surface area contributed by atoms with Gasteiger partial charge in [0.25, 0.3) is 0 Å². The summed E-state index contributed by atoms with van der Waals surface area (Å²) in [4.78, 5) is 0. The van der Waals surface area contributed by atoms with E-state index in [0.717, 1.165) is 13.0 Å². The molecule has 0 aromatic carbocycles. The summed E-state index contributed by atoms with van der Waals surface area (Å²) in [5.74, 6) is 0. The quantitative estimate of drug-likeness (QED) is 0.560. The molecule has 0 amide bonds. The molecule has 1 atom stereocenters. The molecule has 1 aliphatic heterocycles. The molecule has 2 aliphatic rings. The molecule has 0 spiro atoms. The van der Waals surface area contributed by atoms with Crippen LogP contribution in [0.3, 0.4) is 0 Å². The van der Waals surface area contributed by atoms with Gasteiger partial charge in [0.1, 0.15) is 0 Å². The van der Waals surface area contributed by atoms with E-state index >= 15 is 0 Å². The van der Waals surface area contributed by atoms with E-state index in [1.54, 1.807) is 0 Å². The maximum Gasteiger partial charge on any atom is 0.0969 e. The summed E-state index contributed by atoms with van der Waals surface area (Å²) in [5.41, 5.74) is 3.01. The Kier molecular flexibility index (Phi) is 2.84. The zero-order chi connectivity index (χ0) is 9.10. The molecular weight excluding hydrogens is 160 g/mol. The smallest absolute Gasteiger partial charge is 0.0969 e. The molecule has 0 aromatic heterocycles. The summed E-state index contributed by atoms with van der Waals surface area (Å²) in [6.07, 6.45) is 11.3. The third-order valence-corrected chi connectivity index (χ3v) is 2.92. The van der Waals surface area contributed by atoms with E-state index in [1.807, 2.05) is 0 Å². The first-order chi connectivity index (χ1) is 6.36. The van der Waals surface area contributed by atoms with Crippen LogP contribution in [0.25, 0.3) is 0 Å². The predicted molar refractivity (Wildman–Crippen MR) is 54.7 cm³/mol. The van der Waals surface area contributed by atoms with Gasteiger partial charge in [-0.2, -0.15) is 0 Å². The van der Waals surface area contributed by atoms with Gasteiger partial charge in [-0.3, -0.25) is 0 Å². The van der Waals surface area contributed by atoms with E-state index in [4.69, 9.17) is 4.74 Å². The van der Waals surface area contributed by atoms with Gasteiger partial charge in [0.05, 0.1) is 12.7 Å². The molecule has 0 fully saturated rings. The van der Waals surface area contributed by atoms with Gasteiger partial charge in [-0.25, -0.2) is 0 Å². The van der Waals surface area contributed by atoms with Crippen molar-refractivity contribution < 1.29 is 4.74 Å². The van der Waals surface area contributed by atoms with Crippen molar-refractivity contribution in [2.24, 2.45) is 0 Å². The van der Waals surface area contributed by atoms with E-state index in [9.17, 15) is 0 Å². The Morgan fingerprint density at radius 2 is 2.23 bits per heavy atom. The Labute approximate surface area is 80.5 Å². The first-order valence-electron chi connectivity index (χ1n) is 5.34. The minimum atomic E-state index is 0.314. The highest BCUT2D eigenvalue weighted by Gasteiger charge is 2.17. The van der Waals surface area contributed by atoms with Gasteiger partial charge < -0.3 is 4.74 Å². The number of ether oxygens (including phenoxy) is 1. The molecule has 0 aromatic rings. The standard InChI is InChI=1S/C12H18O/c1-10-7-8-13-12(9-10)11-5-3-2-4-6-11/h5,9,12H,2-4,6-8H2,1H3. The van der Waals surface area contributed by atoms with Crippen LogP contribution in [0.4, 0.5) is 0 Å². The van der Waals surface area contributed by atoms with Crippen molar-refractivity contribution in [1.29, 1.82) is 0 Å². The molecule has 1 heteroatoms. The van der Waals surface area contributed by atoms with Gasteiger partial charge in [0.15, 0.2) is 0 Å². The number of hydrogen-bond acceptors (Lipinski definition) is 1. The van der Waals surface area contributed by atoms with Crippen LogP contribution in [0.2, 0.25) is 0 Å². The second-order valence-corrected chi connectivity index (χ2v) is 4.08. The third kappa shape index (κ3) is 2.22. The van der Waals surface area contributed by atoms with Crippen LogP contribution in [0.1, 0.15) is 39.0 Å². The van der Waals surface area contributed by atoms with Crippen molar-refractivity contribution in [3.05, 3.63) is 23.3 Å². The van der Waals surface area contributed by atoms with Crippen molar-refractivity contribution in [2.75, 3.05) is 6.61 Å². The van der Waals surface area contributed by atoms with E-state index in [-0.39, 0.29) is 0 Å². The average molecular weight is 178 g/mol. The molecule has 0 radical (unpaired) electrons. The van der Waals surface area contributed by atoms with Crippen LogP contribution in [0.15, 0.2) is 23.3 Å². The minimum Gasteiger partial charge on any atom is -0.369 e. The first kappa shape index (κ1) is 9.01. The summed E-state index contributed by atoms with van der Waals surface area (Å²) < 4.78 is 5.74. The van der Waals surface area contributed by atoms with Crippen LogP contribution in [-0.4, -0.2) is 12.7 Å².